The average molecular weight is 449 g/mol. The fraction of sp³-hybridized carbons (Fsp3) is 0.217. The number of hydrogen-bond donors (Lipinski definition) is 1. The topological polar surface area (TPSA) is 86.9 Å². The van der Waals surface area contributed by atoms with Crippen LogP contribution in [0.3, 0.4) is 0 Å². The van der Waals surface area contributed by atoms with Gasteiger partial charge in [-0.3, -0.25) is 9.48 Å². The maximum atomic E-state index is 12.5. The second-order valence-corrected chi connectivity index (χ2v) is 7.99. The van der Waals surface area contributed by atoms with E-state index in [1.165, 1.54) is 11.8 Å². The molecule has 0 fully saturated rings. The lowest BCUT2D eigenvalue weighted by Gasteiger charge is -2.08. The Balaban J connectivity index is 1.52. The highest BCUT2D eigenvalue weighted by molar-refractivity contribution is 7.99. The number of methoxy groups -OCH3 is 1. The van der Waals surface area contributed by atoms with Gasteiger partial charge in [0, 0.05) is 37.1 Å². The van der Waals surface area contributed by atoms with Crippen LogP contribution >= 0.6 is 11.8 Å². The summed E-state index contributed by atoms with van der Waals surface area (Å²) in [6, 6.07) is 17.3. The zero-order chi connectivity index (χ0) is 22.5. The number of amides is 1. The standard InChI is InChI=1S/C23H24N6O2S/c1-4-29-22(19-14-28(2)27-21(19)16-9-6-5-7-10-16)25-26-23(29)32-15-20(30)24-17-11-8-12-18(13-17)31-3/h5-14H,4,15H2,1-3H3,(H,24,30). The van der Waals surface area contributed by atoms with Gasteiger partial charge in [-0.15, -0.1) is 10.2 Å². The molecule has 164 valence electrons. The maximum Gasteiger partial charge on any atom is 0.234 e. The predicted molar refractivity (Wildman–Crippen MR) is 126 cm³/mol. The summed E-state index contributed by atoms with van der Waals surface area (Å²) in [7, 11) is 3.48. The Bertz CT molecular complexity index is 1220. The molecule has 4 aromatic rings. The Morgan fingerprint density at radius 1 is 1.12 bits per heavy atom. The second-order valence-electron chi connectivity index (χ2n) is 7.05. The van der Waals surface area contributed by atoms with Gasteiger partial charge in [-0.2, -0.15) is 5.10 Å². The Kier molecular flexibility index (Phi) is 6.55. The molecule has 2 heterocycles. The number of anilines is 1. The van der Waals surface area contributed by atoms with Crippen LogP contribution in [-0.4, -0.2) is 43.3 Å². The highest BCUT2D eigenvalue weighted by atomic mass is 32.2. The molecule has 0 aliphatic carbocycles. The first kappa shape index (κ1) is 21.6. The van der Waals surface area contributed by atoms with Crippen LogP contribution in [0.1, 0.15) is 6.92 Å². The van der Waals surface area contributed by atoms with E-state index < -0.39 is 0 Å². The first-order valence-electron chi connectivity index (χ1n) is 10.2. The summed E-state index contributed by atoms with van der Waals surface area (Å²) in [5, 5.41) is 17.0. The van der Waals surface area contributed by atoms with E-state index in [4.69, 9.17) is 4.74 Å². The molecule has 0 spiro atoms. The van der Waals surface area contributed by atoms with E-state index >= 15 is 0 Å². The lowest BCUT2D eigenvalue weighted by atomic mass is 10.1. The van der Waals surface area contributed by atoms with Gasteiger partial charge in [-0.1, -0.05) is 48.2 Å². The minimum atomic E-state index is -0.123. The number of benzene rings is 2. The Morgan fingerprint density at radius 3 is 2.69 bits per heavy atom. The zero-order valence-corrected chi connectivity index (χ0v) is 19.0. The van der Waals surface area contributed by atoms with E-state index in [0.29, 0.717) is 23.1 Å². The number of nitrogens with zero attached hydrogens (tertiary/aromatic N) is 5. The smallest absolute Gasteiger partial charge is 0.234 e. The molecule has 32 heavy (non-hydrogen) atoms. The Hall–Kier alpha value is -3.59. The van der Waals surface area contributed by atoms with Crippen LogP contribution in [-0.2, 0) is 18.4 Å². The highest BCUT2D eigenvalue weighted by Gasteiger charge is 2.20. The number of thioether (sulfide) groups is 1. The summed E-state index contributed by atoms with van der Waals surface area (Å²) in [5.41, 5.74) is 3.46. The van der Waals surface area contributed by atoms with Crippen LogP contribution in [0.2, 0.25) is 0 Å². The number of rotatable bonds is 8. The van der Waals surface area contributed by atoms with Crippen LogP contribution in [0.4, 0.5) is 5.69 Å². The van der Waals surface area contributed by atoms with E-state index in [-0.39, 0.29) is 11.7 Å². The molecular weight excluding hydrogens is 424 g/mol. The molecule has 0 saturated heterocycles. The molecule has 8 nitrogen and oxygen atoms in total. The van der Waals surface area contributed by atoms with E-state index in [9.17, 15) is 4.79 Å². The lowest BCUT2D eigenvalue weighted by molar-refractivity contribution is -0.113. The quantitative estimate of drug-likeness (QED) is 0.408. The summed E-state index contributed by atoms with van der Waals surface area (Å²) in [6.45, 7) is 2.71. The van der Waals surface area contributed by atoms with E-state index in [1.807, 2.05) is 73.3 Å². The number of carbonyl (C=O) groups excluding carboxylic acids is 1. The minimum Gasteiger partial charge on any atom is -0.497 e. The van der Waals surface area contributed by atoms with Crippen LogP contribution in [0.25, 0.3) is 22.6 Å². The van der Waals surface area contributed by atoms with Crippen molar-refractivity contribution in [3.05, 3.63) is 60.8 Å². The third-order valence-corrected chi connectivity index (χ3v) is 5.80. The van der Waals surface area contributed by atoms with Crippen molar-refractivity contribution in [3.63, 3.8) is 0 Å². The number of carbonyl (C=O) groups is 1. The third kappa shape index (κ3) is 4.67. The zero-order valence-electron chi connectivity index (χ0n) is 18.1. The van der Waals surface area contributed by atoms with Crippen molar-refractivity contribution in [3.8, 4) is 28.4 Å². The molecule has 2 aromatic carbocycles. The van der Waals surface area contributed by atoms with Crippen LogP contribution in [0.5, 0.6) is 5.75 Å². The molecule has 1 amide bonds. The fourth-order valence-electron chi connectivity index (χ4n) is 3.37. The third-order valence-electron chi connectivity index (χ3n) is 4.84. The van der Waals surface area contributed by atoms with Crippen molar-refractivity contribution >= 4 is 23.4 Å². The molecule has 9 heteroatoms. The van der Waals surface area contributed by atoms with E-state index in [1.54, 1.807) is 17.9 Å². The van der Waals surface area contributed by atoms with E-state index in [0.717, 1.165) is 22.6 Å². The molecule has 0 aliphatic rings. The first-order chi connectivity index (χ1) is 15.6. The van der Waals surface area contributed by atoms with Crippen molar-refractivity contribution < 1.29 is 9.53 Å². The molecule has 0 radical (unpaired) electrons. The lowest BCUT2D eigenvalue weighted by Crippen LogP contribution is -2.14. The number of aryl methyl sites for hydroxylation is 1. The van der Waals surface area contributed by atoms with Crippen molar-refractivity contribution in [1.82, 2.24) is 24.5 Å². The van der Waals surface area contributed by atoms with Gasteiger partial charge in [-0.05, 0) is 19.1 Å². The van der Waals surface area contributed by atoms with Crippen molar-refractivity contribution in [2.24, 2.45) is 7.05 Å². The number of hydrogen-bond acceptors (Lipinski definition) is 6. The summed E-state index contributed by atoms with van der Waals surface area (Å²) in [6.07, 6.45) is 1.95. The summed E-state index contributed by atoms with van der Waals surface area (Å²) in [4.78, 5) is 12.5. The van der Waals surface area contributed by atoms with E-state index in [2.05, 4.69) is 20.6 Å². The first-order valence-corrected chi connectivity index (χ1v) is 11.2. The van der Waals surface area contributed by atoms with Gasteiger partial charge in [0.05, 0.1) is 18.4 Å². The summed E-state index contributed by atoms with van der Waals surface area (Å²) < 4.78 is 8.98. The van der Waals surface area contributed by atoms with Crippen LogP contribution in [0.15, 0.2) is 66.0 Å². The van der Waals surface area contributed by atoms with Gasteiger partial charge >= 0.3 is 0 Å². The minimum absolute atomic E-state index is 0.123. The van der Waals surface area contributed by atoms with Crippen molar-refractivity contribution in [1.29, 1.82) is 0 Å². The van der Waals surface area contributed by atoms with Gasteiger partial charge < -0.3 is 14.6 Å². The number of ether oxygens (including phenoxy) is 1. The molecule has 1 N–H and O–H groups in total. The number of aromatic nitrogens is 5. The molecule has 0 atom stereocenters. The normalized spacial score (nSPS) is 10.8. The van der Waals surface area contributed by atoms with Gasteiger partial charge in [0.2, 0.25) is 5.91 Å². The Morgan fingerprint density at radius 2 is 1.94 bits per heavy atom. The van der Waals surface area contributed by atoms with Gasteiger partial charge in [0.15, 0.2) is 11.0 Å². The summed E-state index contributed by atoms with van der Waals surface area (Å²) in [5.74, 6) is 1.52. The molecule has 2 aromatic heterocycles. The predicted octanol–water partition coefficient (Wildman–Crippen LogP) is 4.10. The molecule has 0 unspecified atom stereocenters. The fourth-order valence-corrected chi connectivity index (χ4v) is 4.17. The average Bonchev–Trinajstić information content (AvgIpc) is 3.41. The number of nitrogens with one attached hydrogen (secondary N) is 1. The monoisotopic (exact) mass is 448 g/mol. The van der Waals surface area contributed by atoms with Crippen LogP contribution < -0.4 is 10.1 Å². The van der Waals surface area contributed by atoms with Crippen LogP contribution in [0, 0.1) is 0 Å². The molecule has 0 bridgehead atoms. The maximum absolute atomic E-state index is 12.5. The highest BCUT2D eigenvalue weighted by Crippen LogP contribution is 2.31. The molecule has 0 saturated carbocycles. The van der Waals surface area contributed by atoms with Gasteiger partial charge in [0.1, 0.15) is 11.4 Å². The molecular formula is C23H24N6O2S. The van der Waals surface area contributed by atoms with Crippen molar-refractivity contribution in [2.45, 2.75) is 18.6 Å². The van der Waals surface area contributed by atoms with Gasteiger partial charge in [-0.25, -0.2) is 0 Å². The summed E-state index contributed by atoms with van der Waals surface area (Å²) >= 11 is 1.35. The molecule has 0 aliphatic heterocycles. The molecule has 4 rings (SSSR count). The second kappa shape index (κ2) is 9.69. The van der Waals surface area contributed by atoms with Gasteiger partial charge in [0.25, 0.3) is 0 Å². The van der Waals surface area contributed by atoms with Crippen molar-refractivity contribution in [2.75, 3.05) is 18.2 Å². The Labute approximate surface area is 190 Å². The SMILES string of the molecule is CCn1c(SCC(=O)Nc2cccc(OC)c2)nnc1-c1cn(C)nc1-c1ccccc1. The largest absolute Gasteiger partial charge is 0.497 e.